The zero-order chi connectivity index (χ0) is 22.7. The monoisotopic (exact) mass is 455 g/mol. The van der Waals surface area contributed by atoms with Crippen molar-refractivity contribution < 1.29 is 18.8 Å². The van der Waals surface area contributed by atoms with Crippen molar-refractivity contribution >= 4 is 40.9 Å². The van der Waals surface area contributed by atoms with E-state index in [1.165, 1.54) is 0 Å². The number of benzene rings is 2. The van der Waals surface area contributed by atoms with Crippen molar-refractivity contribution in [2.24, 2.45) is 0 Å². The molecule has 2 aliphatic rings. The molecule has 32 heavy (non-hydrogen) atoms. The average Bonchev–Trinajstić information content (AvgIpc) is 2.84. The van der Waals surface area contributed by atoms with E-state index in [-0.39, 0.29) is 6.03 Å². The molecule has 8 heteroatoms. The number of halogens is 1. The number of piperidine rings is 1. The van der Waals surface area contributed by atoms with E-state index in [1.54, 1.807) is 28.5 Å². The molecule has 1 saturated heterocycles. The molecule has 168 valence electrons. The molecular weight excluding hydrogens is 429 g/mol. The molecule has 0 saturated carbocycles. The molecule has 0 bridgehead atoms. The molecule has 0 aliphatic carbocycles. The molecule has 3 amide bonds. The van der Waals surface area contributed by atoms with Crippen LogP contribution in [0.5, 0.6) is 0 Å². The molecule has 1 fully saturated rings. The number of anilines is 2. The number of para-hydroxylation sites is 2. The second-order valence-corrected chi connectivity index (χ2v) is 9.01. The van der Waals surface area contributed by atoms with Crippen molar-refractivity contribution in [3.63, 3.8) is 0 Å². The lowest BCUT2D eigenvalue weighted by Crippen LogP contribution is -2.57. The van der Waals surface area contributed by atoms with Gasteiger partial charge < -0.3 is 10.2 Å². The molecule has 6 nitrogen and oxygen atoms in total. The van der Waals surface area contributed by atoms with E-state index in [1.807, 2.05) is 48.5 Å². The Morgan fingerprint density at radius 1 is 1.06 bits per heavy atom. The highest BCUT2D eigenvalue weighted by molar-refractivity contribution is 7.99. The van der Waals surface area contributed by atoms with Gasteiger partial charge in [-0.1, -0.05) is 43.0 Å². The van der Waals surface area contributed by atoms with Crippen LogP contribution in [0.4, 0.5) is 20.6 Å². The van der Waals surface area contributed by atoms with Gasteiger partial charge in [0, 0.05) is 16.3 Å². The first kappa shape index (κ1) is 22.3. The van der Waals surface area contributed by atoms with Crippen LogP contribution in [-0.4, -0.2) is 47.9 Å². The number of carbonyl (C=O) groups excluding carboxylic acids is 3. The fourth-order valence-electron chi connectivity index (χ4n) is 4.24. The minimum absolute atomic E-state index is 0.269. The van der Waals surface area contributed by atoms with Crippen LogP contribution in [0.25, 0.3) is 0 Å². The van der Waals surface area contributed by atoms with Crippen LogP contribution in [0, 0.1) is 0 Å². The summed E-state index contributed by atoms with van der Waals surface area (Å²) in [5, 5.41) is 2.67. The highest BCUT2D eigenvalue weighted by atomic mass is 32.2. The standard InChI is InChI=1S/C24H26FN3O3S/c1-2-16(20(29)15-25)26-23(30)19-11-7-8-14-27(19)24(31)28-17-9-3-5-12-21(17)32-22-13-6-4-10-18(22)28/h3-6,9-10,12-13,16,19H,2,7-8,11,14-15H2,1H3,(H,26,30). The van der Waals surface area contributed by atoms with Crippen LogP contribution in [0.3, 0.4) is 0 Å². The second-order valence-electron chi connectivity index (χ2n) is 7.93. The maximum Gasteiger partial charge on any atom is 0.329 e. The molecule has 0 spiro atoms. The maximum atomic E-state index is 13.9. The van der Waals surface area contributed by atoms with Crippen LogP contribution in [0.15, 0.2) is 58.3 Å². The minimum Gasteiger partial charge on any atom is -0.344 e. The maximum absolute atomic E-state index is 13.9. The number of Topliss-reactive ketones (excluding diaryl/α,β-unsaturated/α-hetero) is 1. The number of urea groups is 1. The predicted molar refractivity (Wildman–Crippen MR) is 122 cm³/mol. The van der Waals surface area contributed by atoms with Gasteiger partial charge in [0.25, 0.3) is 0 Å². The Balaban J connectivity index is 1.64. The highest BCUT2D eigenvalue weighted by Gasteiger charge is 2.38. The number of rotatable bonds is 5. The third-order valence-electron chi connectivity index (χ3n) is 5.92. The Hall–Kier alpha value is -2.87. The zero-order valence-corrected chi connectivity index (χ0v) is 18.7. The van der Waals surface area contributed by atoms with Crippen LogP contribution in [-0.2, 0) is 9.59 Å². The van der Waals surface area contributed by atoms with Crippen LogP contribution < -0.4 is 10.2 Å². The Bertz CT molecular complexity index is 986. The minimum atomic E-state index is -1.12. The topological polar surface area (TPSA) is 69.7 Å². The van der Waals surface area contributed by atoms with Gasteiger partial charge in [0.15, 0.2) is 5.78 Å². The van der Waals surface area contributed by atoms with E-state index in [0.29, 0.717) is 19.4 Å². The lowest BCUT2D eigenvalue weighted by atomic mass is 10.0. The Kier molecular flexibility index (Phi) is 6.79. The van der Waals surface area contributed by atoms with Gasteiger partial charge in [0.05, 0.1) is 17.4 Å². The molecule has 1 N–H and O–H groups in total. The summed E-state index contributed by atoms with van der Waals surface area (Å²) in [5.41, 5.74) is 1.56. The number of nitrogens with one attached hydrogen (secondary N) is 1. The number of amides is 3. The van der Waals surface area contributed by atoms with Gasteiger partial charge >= 0.3 is 6.03 Å². The zero-order valence-electron chi connectivity index (χ0n) is 17.9. The van der Waals surface area contributed by atoms with Crippen molar-refractivity contribution in [1.82, 2.24) is 10.2 Å². The fraction of sp³-hybridized carbons (Fsp3) is 0.375. The van der Waals surface area contributed by atoms with Crippen molar-refractivity contribution in [3.05, 3.63) is 48.5 Å². The summed E-state index contributed by atoms with van der Waals surface area (Å²) >= 11 is 1.61. The summed E-state index contributed by atoms with van der Waals surface area (Å²) in [7, 11) is 0. The van der Waals surface area contributed by atoms with Crippen LogP contribution in [0.2, 0.25) is 0 Å². The quantitative estimate of drug-likeness (QED) is 0.710. The van der Waals surface area contributed by atoms with E-state index in [4.69, 9.17) is 0 Å². The van der Waals surface area contributed by atoms with Crippen molar-refractivity contribution in [1.29, 1.82) is 0 Å². The average molecular weight is 456 g/mol. The van der Waals surface area contributed by atoms with Crippen molar-refractivity contribution in [2.45, 2.75) is 54.5 Å². The van der Waals surface area contributed by atoms with Crippen molar-refractivity contribution in [2.75, 3.05) is 18.1 Å². The summed E-state index contributed by atoms with van der Waals surface area (Å²) in [5.74, 6) is -1.05. The number of carbonyl (C=O) groups is 3. The molecule has 4 rings (SSSR count). The van der Waals surface area contributed by atoms with Gasteiger partial charge in [-0.05, 0) is 49.9 Å². The smallest absolute Gasteiger partial charge is 0.329 e. The second kappa shape index (κ2) is 9.73. The fourth-order valence-corrected chi connectivity index (χ4v) is 5.30. The molecule has 2 unspecified atom stereocenters. The molecule has 2 atom stereocenters. The molecule has 2 heterocycles. The van der Waals surface area contributed by atoms with Gasteiger partial charge in [-0.2, -0.15) is 0 Å². The van der Waals surface area contributed by atoms with Crippen LogP contribution >= 0.6 is 11.8 Å². The summed E-state index contributed by atoms with van der Waals surface area (Å²) in [6, 6.07) is 13.6. The molecule has 2 aromatic rings. The molecule has 2 aromatic carbocycles. The molecule has 0 radical (unpaired) electrons. The Labute approximate surface area is 191 Å². The van der Waals surface area contributed by atoms with E-state index >= 15 is 0 Å². The lowest BCUT2D eigenvalue weighted by Gasteiger charge is -2.40. The predicted octanol–water partition coefficient (Wildman–Crippen LogP) is 4.70. The number of nitrogens with zero attached hydrogens (tertiary/aromatic N) is 2. The number of alkyl halides is 1. The molecule has 0 aromatic heterocycles. The van der Waals surface area contributed by atoms with Crippen molar-refractivity contribution in [3.8, 4) is 0 Å². The third-order valence-corrected chi connectivity index (χ3v) is 7.05. The SMILES string of the molecule is CCC(NC(=O)C1CCCCN1C(=O)N1c2ccccc2Sc2ccccc21)C(=O)CF. The number of ketones is 1. The Morgan fingerprint density at radius 2 is 1.69 bits per heavy atom. The van der Waals surface area contributed by atoms with Gasteiger partial charge in [0.2, 0.25) is 5.91 Å². The summed E-state index contributed by atoms with van der Waals surface area (Å²) in [4.78, 5) is 44.0. The number of hydrogen-bond donors (Lipinski definition) is 1. The number of hydrogen-bond acceptors (Lipinski definition) is 4. The number of likely N-dealkylation sites (tertiary alicyclic amines) is 1. The van der Waals surface area contributed by atoms with E-state index in [0.717, 1.165) is 34.0 Å². The first-order valence-corrected chi connectivity index (χ1v) is 11.7. The third kappa shape index (κ3) is 4.24. The first-order chi connectivity index (χ1) is 15.5. The largest absolute Gasteiger partial charge is 0.344 e. The summed E-state index contributed by atoms with van der Waals surface area (Å²) < 4.78 is 12.9. The van der Waals surface area contributed by atoms with Gasteiger partial charge in [-0.15, -0.1) is 0 Å². The van der Waals surface area contributed by atoms with E-state index in [2.05, 4.69) is 5.32 Å². The van der Waals surface area contributed by atoms with Gasteiger partial charge in [0.1, 0.15) is 12.7 Å². The first-order valence-electron chi connectivity index (χ1n) is 10.9. The van der Waals surface area contributed by atoms with Gasteiger partial charge in [-0.3, -0.25) is 14.5 Å². The lowest BCUT2D eigenvalue weighted by molar-refractivity contribution is -0.131. The number of fused-ring (bicyclic) bond motifs is 2. The highest BCUT2D eigenvalue weighted by Crippen LogP contribution is 2.48. The van der Waals surface area contributed by atoms with Gasteiger partial charge in [-0.25, -0.2) is 9.18 Å². The normalized spacial score (nSPS) is 18.4. The summed E-state index contributed by atoms with van der Waals surface area (Å²) in [6.45, 7) is 1.05. The van der Waals surface area contributed by atoms with E-state index in [9.17, 15) is 18.8 Å². The molecule has 2 aliphatic heterocycles. The van der Waals surface area contributed by atoms with E-state index < -0.39 is 30.4 Å². The molecular formula is C24H26FN3O3S. The Morgan fingerprint density at radius 3 is 2.28 bits per heavy atom. The van der Waals surface area contributed by atoms with Crippen LogP contribution in [0.1, 0.15) is 32.6 Å². The summed E-state index contributed by atoms with van der Waals surface area (Å²) in [6.07, 6.45) is 2.41.